The maximum atomic E-state index is 11.8. The predicted octanol–water partition coefficient (Wildman–Crippen LogP) is 2.06. The first-order valence-corrected chi connectivity index (χ1v) is 5.37. The number of rotatable bonds is 3. The van der Waals surface area contributed by atoms with Crippen LogP contribution in [-0.4, -0.2) is 29.7 Å². The van der Waals surface area contributed by atoms with Crippen LogP contribution in [0.4, 0.5) is 0 Å². The number of hydrogen-bond donors (Lipinski definition) is 1. The van der Waals surface area contributed by atoms with Crippen molar-refractivity contribution in [1.29, 1.82) is 0 Å². The number of hydrogen-bond acceptors (Lipinski definition) is 4. The number of carbonyl (C=O) groups excluding carboxylic acids is 1. The van der Waals surface area contributed by atoms with Crippen LogP contribution in [0.25, 0.3) is 10.9 Å². The van der Waals surface area contributed by atoms with Gasteiger partial charge >= 0.3 is 5.97 Å². The number of aromatic nitrogens is 2. The lowest BCUT2D eigenvalue weighted by molar-refractivity contribution is 0.0528. The zero-order valence-electron chi connectivity index (χ0n) is 10.0. The molecule has 17 heavy (non-hydrogen) atoms. The third-order valence-electron chi connectivity index (χ3n) is 2.55. The summed E-state index contributed by atoms with van der Waals surface area (Å²) < 4.78 is 10.2. The van der Waals surface area contributed by atoms with Crippen LogP contribution in [-0.2, 0) is 4.74 Å². The summed E-state index contributed by atoms with van der Waals surface area (Å²) in [6.07, 6.45) is 1.61. The first-order valence-electron chi connectivity index (χ1n) is 5.37. The number of ether oxygens (including phenoxy) is 2. The number of fused-ring (bicyclic) bond motifs is 1. The van der Waals surface area contributed by atoms with Crippen LogP contribution in [0.1, 0.15) is 23.0 Å². The lowest BCUT2D eigenvalue weighted by Gasteiger charge is -2.02. The largest absolute Gasteiger partial charge is 0.479 e. The Morgan fingerprint density at radius 1 is 1.53 bits per heavy atom. The Morgan fingerprint density at radius 3 is 2.94 bits per heavy atom. The Balaban J connectivity index is 2.64. The molecule has 90 valence electrons. The molecular formula is C12H14N2O3. The fraction of sp³-hybridized carbons (Fsp3) is 0.333. The summed E-state index contributed by atoms with van der Waals surface area (Å²) >= 11 is 0. The van der Waals surface area contributed by atoms with Crippen LogP contribution in [0.5, 0.6) is 5.88 Å². The third-order valence-corrected chi connectivity index (χ3v) is 2.55. The number of aryl methyl sites for hydroxylation is 1. The summed E-state index contributed by atoms with van der Waals surface area (Å²) in [5.41, 5.74) is 2.02. The second-order valence-corrected chi connectivity index (χ2v) is 3.59. The summed E-state index contributed by atoms with van der Waals surface area (Å²) in [6, 6.07) is 1.77. The number of H-pyrrole nitrogens is 1. The van der Waals surface area contributed by atoms with Crippen LogP contribution in [0, 0.1) is 6.92 Å². The maximum Gasteiger partial charge on any atom is 0.340 e. The average molecular weight is 234 g/mol. The van der Waals surface area contributed by atoms with Crippen molar-refractivity contribution in [2.24, 2.45) is 0 Å². The lowest BCUT2D eigenvalue weighted by atomic mass is 10.1. The SMILES string of the molecule is CCOC(=O)c1c(C)[nH]c2c(OC)nccc12. The second-order valence-electron chi connectivity index (χ2n) is 3.59. The van der Waals surface area contributed by atoms with Gasteiger partial charge in [0.15, 0.2) is 0 Å². The number of methoxy groups -OCH3 is 1. The standard InChI is InChI=1S/C12H14N2O3/c1-4-17-12(15)9-7(2)14-10-8(9)5-6-13-11(10)16-3/h5-6,14H,4H2,1-3H3. The predicted molar refractivity (Wildman–Crippen MR) is 63.3 cm³/mol. The number of pyridine rings is 1. The molecule has 2 heterocycles. The Bertz CT molecular complexity index is 560. The fourth-order valence-electron chi connectivity index (χ4n) is 1.84. The quantitative estimate of drug-likeness (QED) is 0.825. The minimum atomic E-state index is -0.329. The molecule has 1 N–H and O–H groups in total. The van der Waals surface area contributed by atoms with Gasteiger partial charge in [0.1, 0.15) is 5.52 Å². The van der Waals surface area contributed by atoms with E-state index in [0.717, 1.165) is 16.6 Å². The van der Waals surface area contributed by atoms with E-state index in [4.69, 9.17) is 9.47 Å². The smallest absolute Gasteiger partial charge is 0.340 e. The van der Waals surface area contributed by atoms with Gasteiger partial charge in [0.05, 0.1) is 19.3 Å². The minimum absolute atomic E-state index is 0.329. The van der Waals surface area contributed by atoms with Crippen molar-refractivity contribution in [2.75, 3.05) is 13.7 Å². The van der Waals surface area contributed by atoms with Gasteiger partial charge in [-0.25, -0.2) is 9.78 Å². The summed E-state index contributed by atoms with van der Waals surface area (Å²) in [5.74, 6) is 0.144. The second kappa shape index (κ2) is 4.45. The van der Waals surface area contributed by atoms with Crippen LogP contribution >= 0.6 is 0 Å². The highest BCUT2D eigenvalue weighted by Crippen LogP contribution is 2.27. The summed E-state index contributed by atoms with van der Waals surface area (Å²) in [4.78, 5) is 19.0. The van der Waals surface area contributed by atoms with E-state index in [2.05, 4.69) is 9.97 Å². The van der Waals surface area contributed by atoms with Gasteiger partial charge in [0, 0.05) is 17.3 Å². The van der Waals surface area contributed by atoms with Crippen LogP contribution in [0.3, 0.4) is 0 Å². The molecule has 0 bridgehead atoms. The Hall–Kier alpha value is -2.04. The van der Waals surface area contributed by atoms with Gasteiger partial charge in [-0.3, -0.25) is 0 Å². The summed E-state index contributed by atoms with van der Waals surface area (Å²) in [7, 11) is 1.54. The first-order chi connectivity index (χ1) is 8.19. The summed E-state index contributed by atoms with van der Waals surface area (Å²) in [6.45, 7) is 3.96. The molecule has 2 rings (SSSR count). The molecule has 0 radical (unpaired) electrons. The number of aromatic amines is 1. The molecule has 2 aromatic rings. The van der Waals surface area contributed by atoms with Crippen molar-refractivity contribution in [2.45, 2.75) is 13.8 Å². The molecule has 0 aromatic carbocycles. The molecule has 0 aliphatic heterocycles. The molecule has 0 saturated heterocycles. The van der Waals surface area contributed by atoms with Crippen LogP contribution < -0.4 is 4.74 Å². The van der Waals surface area contributed by atoms with Crippen molar-refractivity contribution in [3.05, 3.63) is 23.5 Å². The van der Waals surface area contributed by atoms with Gasteiger partial charge < -0.3 is 14.5 Å². The van der Waals surface area contributed by atoms with Crippen LogP contribution in [0.2, 0.25) is 0 Å². The third kappa shape index (κ3) is 1.84. The summed E-state index contributed by atoms with van der Waals surface area (Å²) in [5, 5.41) is 0.771. The molecule has 0 aliphatic carbocycles. The van der Waals surface area contributed by atoms with Gasteiger partial charge in [-0.2, -0.15) is 0 Å². The number of esters is 1. The minimum Gasteiger partial charge on any atom is -0.479 e. The maximum absolute atomic E-state index is 11.8. The highest BCUT2D eigenvalue weighted by molar-refractivity contribution is 6.06. The van der Waals surface area contributed by atoms with E-state index < -0.39 is 0 Å². The highest BCUT2D eigenvalue weighted by atomic mass is 16.5. The average Bonchev–Trinajstić information content (AvgIpc) is 2.65. The molecule has 0 unspecified atom stereocenters. The molecule has 5 nitrogen and oxygen atoms in total. The van der Waals surface area contributed by atoms with E-state index in [1.54, 1.807) is 26.3 Å². The fourth-order valence-corrected chi connectivity index (χ4v) is 1.84. The molecule has 2 aromatic heterocycles. The zero-order chi connectivity index (χ0) is 12.4. The molecule has 5 heteroatoms. The van der Waals surface area contributed by atoms with Crippen LogP contribution in [0.15, 0.2) is 12.3 Å². The topological polar surface area (TPSA) is 64.2 Å². The lowest BCUT2D eigenvalue weighted by Crippen LogP contribution is -2.05. The van der Waals surface area contributed by atoms with E-state index in [0.29, 0.717) is 18.1 Å². The Morgan fingerprint density at radius 2 is 2.29 bits per heavy atom. The zero-order valence-corrected chi connectivity index (χ0v) is 10.0. The highest BCUT2D eigenvalue weighted by Gasteiger charge is 2.19. The van der Waals surface area contributed by atoms with Crippen molar-refractivity contribution in [3.63, 3.8) is 0 Å². The molecule has 0 saturated carbocycles. The Kier molecular flexibility index (Phi) is 2.99. The van der Waals surface area contributed by atoms with Gasteiger partial charge in [0.25, 0.3) is 0 Å². The van der Waals surface area contributed by atoms with E-state index in [9.17, 15) is 4.79 Å². The number of nitrogens with zero attached hydrogens (tertiary/aromatic N) is 1. The Labute approximate surface area is 98.8 Å². The number of nitrogens with one attached hydrogen (secondary N) is 1. The first kappa shape index (κ1) is 11.4. The molecule has 0 spiro atoms. The van der Waals surface area contributed by atoms with Gasteiger partial charge in [-0.1, -0.05) is 0 Å². The monoisotopic (exact) mass is 234 g/mol. The van der Waals surface area contributed by atoms with Crippen molar-refractivity contribution < 1.29 is 14.3 Å². The molecule has 0 fully saturated rings. The van der Waals surface area contributed by atoms with Gasteiger partial charge in [-0.15, -0.1) is 0 Å². The molecule has 0 atom stereocenters. The van der Waals surface area contributed by atoms with E-state index in [1.165, 1.54) is 0 Å². The molecule has 0 amide bonds. The molecule has 0 aliphatic rings. The number of carbonyl (C=O) groups is 1. The van der Waals surface area contributed by atoms with E-state index in [-0.39, 0.29) is 5.97 Å². The van der Waals surface area contributed by atoms with Crippen molar-refractivity contribution >= 4 is 16.9 Å². The van der Waals surface area contributed by atoms with E-state index in [1.807, 2.05) is 6.92 Å². The van der Waals surface area contributed by atoms with Crippen molar-refractivity contribution in [1.82, 2.24) is 9.97 Å². The van der Waals surface area contributed by atoms with Crippen molar-refractivity contribution in [3.8, 4) is 5.88 Å². The normalized spacial score (nSPS) is 10.5. The van der Waals surface area contributed by atoms with Gasteiger partial charge in [-0.05, 0) is 19.9 Å². The van der Waals surface area contributed by atoms with E-state index >= 15 is 0 Å². The van der Waals surface area contributed by atoms with Gasteiger partial charge in [0.2, 0.25) is 5.88 Å². The molecular weight excluding hydrogens is 220 g/mol.